The molecule has 0 aromatic heterocycles. The third-order valence-electron chi connectivity index (χ3n) is 1.13. The van der Waals surface area contributed by atoms with Gasteiger partial charge in [0, 0.05) is 13.1 Å². The molecule has 4 N–H and O–H groups in total. The van der Waals surface area contributed by atoms with Crippen LogP contribution < -0.4 is 16.4 Å². The monoisotopic (exact) mass is 113 g/mol. The summed E-state index contributed by atoms with van der Waals surface area (Å²) < 4.78 is 0. The number of hydrogen-bond acceptors (Lipinski definition) is 3. The first kappa shape index (κ1) is 5.59. The van der Waals surface area contributed by atoms with Crippen molar-refractivity contribution in [3.05, 3.63) is 12.3 Å². The van der Waals surface area contributed by atoms with E-state index >= 15 is 0 Å². The fourth-order valence-corrected chi connectivity index (χ4v) is 0.664. The molecule has 0 radical (unpaired) electrons. The van der Waals surface area contributed by atoms with Gasteiger partial charge in [0.15, 0.2) is 0 Å². The average Bonchev–Trinajstić information content (AvgIpc) is 1.90. The first-order chi connectivity index (χ1) is 3.93. The van der Waals surface area contributed by atoms with Gasteiger partial charge in [0.05, 0.1) is 6.17 Å². The second-order valence-corrected chi connectivity index (χ2v) is 1.77. The zero-order valence-electron chi connectivity index (χ0n) is 4.72. The molecule has 0 spiro atoms. The van der Waals surface area contributed by atoms with Gasteiger partial charge in [-0.2, -0.15) is 0 Å². The van der Waals surface area contributed by atoms with Gasteiger partial charge in [-0.1, -0.05) is 6.08 Å². The molecular weight excluding hydrogens is 102 g/mol. The molecule has 3 heteroatoms. The van der Waals surface area contributed by atoms with E-state index in [4.69, 9.17) is 5.73 Å². The highest BCUT2D eigenvalue weighted by molar-refractivity contribution is 4.90. The topological polar surface area (TPSA) is 50.1 Å². The maximum Gasteiger partial charge on any atom is 0.0891 e. The molecule has 46 valence electrons. The van der Waals surface area contributed by atoms with E-state index < -0.39 is 0 Å². The zero-order chi connectivity index (χ0) is 5.82. The molecule has 0 amide bonds. The lowest BCUT2D eigenvalue weighted by Crippen LogP contribution is -2.47. The molecule has 0 fully saturated rings. The summed E-state index contributed by atoms with van der Waals surface area (Å²) in [6, 6.07) is 0. The van der Waals surface area contributed by atoms with Crippen molar-refractivity contribution in [3.8, 4) is 0 Å². The first-order valence-electron chi connectivity index (χ1n) is 2.78. The van der Waals surface area contributed by atoms with Gasteiger partial charge in [-0.05, 0) is 6.20 Å². The van der Waals surface area contributed by atoms with Crippen LogP contribution in [0.5, 0.6) is 0 Å². The third-order valence-corrected chi connectivity index (χ3v) is 1.13. The summed E-state index contributed by atoms with van der Waals surface area (Å²) in [7, 11) is 0. The van der Waals surface area contributed by atoms with Crippen molar-refractivity contribution >= 4 is 0 Å². The molecule has 1 aliphatic rings. The third kappa shape index (κ3) is 1.21. The van der Waals surface area contributed by atoms with Crippen molar-refractivity contribution < 1.29 is 0 Å². The maximum absolute atomic E-state index is 5.34. The van der Waals surface area contributed by atoms with Crippen LogP contribution in [0.25, 0.3) is 0 Å². The number of nitrogens with one attached hydrogen (secondary N) is 2. The molecule has 8 heavy (non-hydrogen) atoms. The molecule has 0 aliphatic carbocycles. The van der Waals surface area contributed by atoms with E-state index in [2.05, 4.69) is 10.6 Å². The van der Waals surface area contributed by atoms with Gasteiger partial charge < -0.3 is 11.1 Å². The van der Waals surface area contributed by atoms with E-state index in [1.807, 2.05) is 12.3 Å². The Balaban J connectivity index is 2.27. The van der Waals surface area contributed by atoms with Crippen LogP contribution in [-0.2, 0) is 0 Å². The predicted octanol–water partition coefficient (Wildman–Crippen LogP) is -1.02. The summed E-state index contributed by atoms with van der Waals surface area (Å²) in [5.74, 6) is 0. The summed E-state index contributed by atoms with van der Waals surface area (Å²) in [5.41, 5.74) is 5.34. The normalized spacial score (nSPS) is 27.4. The molecule has 1 rings (SSSR count). The SMILES string of the molecule is NCC1NC=CCN1. The zero-order valence-corrected chi connectivity index (χ0v) is 4.72. The Hall–Kier alpha value is -0.540. The van der Waals surface area contributed by atoms with Crippen molar-refractivity contribution in [2.45, 2.75) is 6.17 Å². The van der Waals surface area contributed by atoms with E-state index in [9.17, 15) is 0 Å². The summed E-state index contributed by atoms with van der Waals surface area (Å²) in [4.78, 5) is 0. The quantitative estimate of drug-likeness (QED) is 0.408. The highest BCUT2D eigenvalue weighted by Gasteiger charge is 2.01. The fraction of sp³-hybridized carbons (Fsp3) is 0.600. The van der Waals surface area contributed by atoms with Gasteiger partial charge in [-0.25, -0.2) is 0 Å². The lowest BCUT2D eigenvalue weighted by molar-refractivity contribution is 0.485. The lowest BCUT2D eigenvalue weighted by Gasteiger charge is -2.19. The van der Waals surface area contributed by atoms with E-state index in [0.717, 1.165) is 6.54 Å². The second-order valence-electron chi connectivity index (χ2n) is 1.77. The Kier molecular flexibility index (Phi) is 1.88. The Labute approximate surface area is 48.9 Å². The largest absolute Gasteiger partial charge is 0.375 e. The van der Waals surface area contributed by atoms with Gasteiger partial charge in [0.1, 0.15) is 0 Å². The average molecular weight is 113 g/mol. The van der Waals surface area contributed by atoms with Crippen LogP contribution in [0.3, 0.4) is 0 Å². The fourth-order valence-electron chi connectivity index (χ4n) is 0.664. The van der Waals surface area contributed by atoms with Gasteiger partial charge in [0.25, 0.3) is 0 Å². The minimum atomic E-state index is 0.278. The summed E-state index contributed by atoms with van der Waals surface area (Å²) in [6.45, 7) is 1.57. The Morgan fingerprint density at radius 3 is 3.00 bits per heavy atom. The number of nitrogens with two attached hydrogens (primary N) is 1. The molecule has 0 bridgehead atoms. The minimum absolute atomic E-state index is 0.278. The molecule has 1 atom stereocenters. The van der Waals surface area contributed by atoms with Crippen molar-refractivity contribution in [2.24, 2.45) is 5.73 Å². The van der Waals surface area contributed by atoms with Gasteiger partial charge in [0.2, 0.25) is 0 Å². The molecule has 1 unspecified atom stereocenters. The van der Waals surface area contributed by atoms with Crippen LogP contribution in [0.4, 0.5) is 0 Å². The van der Waals surface area contributed by atoms with Gasteiger partial charge in [-0.3, -0.25) is 5.32 Å². The van der Waals surface area contributed by atoms with Gasteiger partial charge in [-0.15, -0.1) is 0 Å². The van der Waals surface area contributed by atoms with Crippen LogP contribution in [0.15, 0.2) is 12.3 Å². The number of hydrogen-bond donors (Lipinski definition) is 3. The summed E-state index contributed by atoms with van der Waals surface area (Å²) in [6.07, 6.45) is 4.22. The molecular formula is C5H11N3. The summed E-state index contributed by atoms with van der Waals surface area (Å²) in [5, 5.41) is 6.20. The van der Waals surface area contributed by atoms with E-state index in [1.54, 1.807) is 0 Å². The smallest absolute Gasteiger partial charge is 0.0891 e. The molecule has 0 aromatic carbocycles. The molecule has 0 aromatic rings. The van der Waals surface area contributed by atoms with Crippen molar-refractivity contribution in [1.29, 1.82) is 0 Å². The highest BCUT2D eigenvalue weighted by atomic mass is 15.1. The first-order valence-corrected chi connectivity index (χ1v) is 2.78. The summed E-state index contributed by atoms with van der Waals surface area (Å²) >= 11 is 0. The Bertz CT molecular complexity index is 89.7. The Morgan fingerprint density at radius 1 is 1.75 bits per heavy atom. The van der Waals surface area contributed by atoms with Crippen LogP contribution in [-0.4, -0.2) is 19.3 Å². The molecule has 3 nitrogen and oxygen atoms in total. The van der Waals surface area contributed by atoms with E-state index in [-0.39, 0.29) is 6.17 Å². The maximum atomic E-state index is 5.34. The Morgan fingerprint density at radius 2 is 2.62 bits per heavy atom. The minimum Gasteiger partial charge on any atom is -0.375 e. The lowest BCUT2D eigenvalue weighted by atomic mass is 10.4. The van der Waals surface area contributed by atoms with Crippen LogP contribution in [0.1, 0.15) is 0 Å². The standard InChI is InChI=1S/C5H11N3/c6-4-5-7-2-1-3-8-5/h1-2,5,7-8H,3-4,6H2. The van der Waals surface area contributed by atoms with Crippen molar-refractivity contribution in [1.82, 2.24) is 10.6 Å². The second kappa shape index (κ2) is 2.69. The van der Waals surface area contributed by atoms with Crippen molar-refractivity contribution in [3.63, 3.8) is 0 Å². The van der Waals surface area contributed by atoms with Crippen LogP contribution >= 0.6 is 0 Å². The molecule has 1 heterocycles. The van der Waals surface area contributed by atoms with Crippen molar-refractivity contribution in [2.75, 3.05) is 13.1 Å². The van der Waals surface area contributed by atoms with E-state index in [1.165, 1.54) is 0 Å². The predicted molar refractivity (Wildman–Crippen MR) is 33.1 cm³/mol. The molecule has 1 aliphatic heterocycles. The molecule has 0 saturated heterocycles. The van der Waals surface area contributed by atoms with Crippen LogP contribution in [0.2, 0.25) is 0 Å². The van der Waals surface area contributed by atoms with Crippen LogP contribution in [0, 0.1) is 0 Å². The highest BCUT2D eigenvalue weighted by Crippen LogP contribution is 1.80. The number of rotatable bonds is 1. The van der Waals surface area contributed by atoms with Gasteiger partial charge >= 0.3 is 0 Å². The van der Waals surface area contributed by atoms with E-state index in [0.29, 0.717) is 6.54 Å². The molecule has 0 saturated carbocycles.